The Labute approximate surface area is 74.2 Å². The van der Waals surface area contributed by atoms with Gasteiger partial charge < -0.3 is 4.18 Å². The van der Waals surface area contributed by atoms with Crippen LogP contribution >= 0.6 is 0 Å². The van der Waals surface area contributed by atoms with Gasteiger partial charge in [-0.1, -0.05) is 26.7 Å². The van der Waals surface area contributed by atoms with Gasteiger partial charge >= 0.3 is 0 Å². The van der Waals surface area contributed by atoms with Crippen LogP contribution in [-0.4, -0.2) is 6.61 Å². The van der Waals surface area contributed by atoms with E-state index < -0.39 is 8.29 Å². The molecule has 0 aliphatic carbocycles. The van der Waals surface area contributed by atoms with Crippen LogP contribution in [0.4, 0.5) is 0 Å². The van der Waals surface area contributed by atoms with Gasteiger partial charge in [0, 0.05) is 8.29 Å². The summed E-state index contributed by atoms with van der Waals surface area (Å²) in [5.41, 5.74) is 0. The highest BCUT2D eigenvalue weighted by Gasteiger charge is 2.01. The van der Waals surface area contributed by atoms with Crippen LogP contribution in [0.25, 0.3) is 0 Å². The Morgan fingerprint density at radius 2 is 1.80 bits per heavy atom. The van der Waals surface area contributed by atoms with Gasteiger partial charge in [-0.25, -0.2) is 0 Å². The summed E-state index contributed by atoms with van der Waals surface area (Å²) in [6.45, 7) is 5.07. The first-order valence-electron chi connectivity index (χ1n) is 3.48. The maximum Gasteiger partial charge on any atom is 0.0644 e. The van der Waals surface area contributed by atoms with Crippen molar-refractivity contribution in [3.8, 4) is 0 Å². The molecule has 0 aromatic heterocycles. The van der Waals surface area contributed by atoms with Crippen molar-refractivity contribution in [2.75, 3.05) is 6.61 Å². The van der Waals surface area contributed by atoms with Gasteiger partial charge in [0.25, 0.3) is 0 Å². The molecule has 0 fully saturated rings. The molecule has 4 heteroatoms. The molecule has 0 radical (unpaired) electrons. The molecule has 0 spiro atoms. The van der Waals surface area contributed by atoms with E-state index in [1.165, 1.54) is 0 Å². The zero-order valence-electron chi connectivity index (χ0n) is 6.37. The minimum atomic E-state index is -0.978. The molecule has 0 heterocycles. The zero-order valence-corrected chi connectivity index (χ0v) is 8.90. The minimum absolute atomic E-state index is 0.649. The average Bonchev–Trinajstić information content (AvgIpc) is 1.90. The van der Waals surface area contributed by atoms with Gasteiger partial charge in [0.1, 0.15) is 0 Å². The summed E-state index contributed by atoms with van der Waals surface area (Å²) >= 11 is 9.50. The third kappa shape index (κ3) is 5.53. The van der Waals surface area contributed by atoms with E-state index in [2.05, 4.69) is 13.8 Å². The van der Waals surface area contributed by atoms with Crippen LogP contribution in [0.5, 0.6) is 0 Å². The molecule has 0 aromatic carbocycles. The summed E-state index contributed by atoms with van der Waals surface area (Å²) in [7, 11) is -0.978. The van der Waals surface area contributed by atoms with E-state index in [0.29, 0.717) is 5.92 Å². The van der Waals surface area contributed by atoms with Crippen molar-refractivity contribution in [3.05, 3.63) is 0 Å². The highest BCUT2D eigenvalue weighted by molar-refractivity contribution is 8.44. The molecular weight excluding hydrogens is 184 g/mol. The molecular formula is C6H14OS3. The summed E-state index contributed by atoms with van der Waals surface area (Å²) in [4.78, 5) is 0. The second-order valence-corrected chi connectivity index (χ2v) is 5.59. The van der Waals surface area contributed by atoms with Crippen molar-refractivity contribution < 1.29 is 4.18 Å². The fraction of sp³-hybridized carbons (Fsp3) is 1.00. The molecule has 0 rings (SSSR count). The molecule has 1 nitrogen and oxygen atoms in total. The van der Waals surface area contributed by atoms with Crippen LogP contribution in [0.1, 0.15) is 26.7 Å². The van der Waals surface area contributed by atoms with Gasteiger partial charge in [0.05, 0.1) is 6.61 Å². The third-order valence-electron chi connectivity index (χ3n) is 1.57. The van der Waals surface area contributed by atoms with Gasteiger partial charge in [-0.15, -0.1) is 0 Å². The molecule has 0 aliphatic rings. The van der Waals surface area contributed by atoms with E-state index in [4.69, 9.17) is 26.6 Å². The Kier molecular flexibility index (Phi) is 6.94. The lowest BCUT2D eigenvalue weighted by Gasteiger charge is -2.09. The molecule has 0 aromatic rings. The van der Waals surface area contributed by atoms with E-state index in [-0.39, 0.29) is 0 Å². The first-order chi connectivity index (χ1) is 4.70. The van der Waals surface area contributed by atoms with Gasteiger partial charge in [0.15, 0.2) is 0 Å². The summed E-state index contributed by atoms with van der Waals surface area (Å²) < 4.78 is 5.18. The van der Waals surface area contributed by atoms with E-state index >= 15 is 0 Å². The summed E-state index contributed by atoms with van der Waals surface area (Å²) in [5.74, 6) is 0.649. The second-order valence-electron chi connectivity index (χ2n) is 2.20. The fourth-order valence-corrected chi connectivity index (χ4v) is 1.39. The average molecular weight is 198 g/mol. The van der Waals surface area contributed by atoms with Crippen molar-refractivity contribution in [3.63, 3.8) is 0 Å². The lowest BCUT2D eigenvalue weighted by molar-refractivity contribution is 0.278. The second kappa shape index (κ2) is 6.46. The van der Waals surface area contributed by atoms with Crippen LogP contribution < -0.4 is 0 Å². The maximum absolute atomic E-state index is 5.18. The topological polar surface area (TPSA) is 9.23 Å². The summed E-state index contributed by atoms with van der Waals surface area (Å²) in [6.07, 6.45) is 2.31. The standard InChI is InChI=1S/C6H14OS3/c1-3-6(4-2)5-7-10(8)9/h6,10H,3-5H2,1-2H3. The fourth-order valence-electron chi connectivity index (χ4n) is 0.691. The van der Waals surface area contributed by atoms with Gasteiger partial charge in [0.2, 0.25) is 0 Å². The van der Waals surface area contributed by atoms with E-state index in [1.807, 2.05) is 0 Å². The monoisotopic (exact) mass is 198 g/mol. The number of thiol groups is 1. The van der Waals surface area contributed by atoms with Gasteiger partial charge in [-0.3, -0.25) is 0 Å². The highest BCUT2D eigenvalue weighted by Crippen LogP contribution is 2.07. The van der Waals surface area contributed by atoms with E-state index in [1.54, 1.807) is 0 Å². The molecule has 0 amide bonds. The number of rotatable bonds is 5. The van der Waals surface area contributed by atoms with Crippen molar-refractivity contribution in [1.29, 1.82) is 0 Å². The Hall–Kier alpha value is 0.750. The third-order valence-corrected chi connectivity index (χ3v) is 2.56. The molecule has 0 atom stereocenters. The maximum atomic E-state index is 5.18. The molecule has 62 valence electrons. The zero-order chi connectivity index (χ0) is 7.98. The predicted molar refractivity (Wildman–Crippen MR) is 53.5 cm³/mol. The summed E-state index contributed by atoms with van der Waals surface area (Å²) in [6, 6.07) is 0. The van der Waals surface area contributed by atoms with Crippen molar-refractivity contribution >= 4 is 30.7 Å². The molecule has 0 aliphatic heterocycles. The van der Waals surface area contributed by atoms with Crippen molar-refractivity contribution in [1.82, 2.24) is 0 Å². The van der Waals surface area contributed by atoms with Crippen molar-refractivity contribution in [2.24, 2.45) is 5.92 Å². The Bertz CT molecular complexity index is 130. The van der Waals surface area contributed by atoms with Gasteiger partial charge in [-0.05, 0) is 28.3 Å². The normalized spacial score (nSPS) is 11.2. The Morgan fingerprint density at radius 1 is 1.30 bits per heavy atom. The number of hydrogen-bond acceptors (Lipinski definition) is 3. The van der Waals surface area contributed by atoms with Crippen LogP contribution in [0.3, 0.4) is 0 Å². The lowest BCUT2D eigenvalue weighted by atomic mass is 10.1. The van der Waals surface area contributed by atoms with E-state index in [0.717, 1.165) is 19.4 Å². The van der Waals surface area contributed by atoms with Crippen LogP contribution in [0, 0.1) is 5.92 Å². The Balaban J connectivity index is 3.44. The van der Waals surface area contributed by atoms with Crippen molar-refractivity contribution in [2.45, 2.75) is 26.7 Å². The molecule has 10 heavy (non-hydrogen) atoms. The first-order valence-corrected chi connectivity index (χ1v) is 6.76. The minimum Gasteiger partial charge on any atom is -0.312 e. The first kappa shape index (κ1) is 10.8. The van der Waals surface area contributed by atoms with Gasteiger partial charge in [-0.2, -0.15) is 0 Å². The molecule has 0 unspecified atom stereocenters. The Morgan fingerprint density at radius 3 is 2.10 bits per heavy atom. The molecule has 0 bridgehead atoms. The number of hydrogen-bond donors (Lipinski definition) is 1. The van der Waals surface area contributed by atoms with Crippen LogP contribution in [0.15, 0.2) is 0 Å². The summed E-state index contributed by atoms with van der Waals surface area (Å²) in [5, 5.41) is 0. The van der Waals surface area contributed by atoms with E-state index in [9.17, 15) is 0 Å². The quantitative estimate of drug-likeness (QED) is 0.673. The molecule has 0 N–H and O–H groups in total. The largest absolute Gasteiger partial charge is 0.312 e. The highest BCUT2D eigenvalue weighted by atomic mass is 33.1. The molecule has 0 saturated heterocycles. The SMILES string of the molecule is CCC(CC)CO[SH](=S)=S. The lowest BCUT2D eigenvalue weighted by Crippen LogP contribution is -2.05. The molecule has 0 saturated carbocycles. The van der Waals surface area contributed by atoms with Crippen LogP contribution in [-0.2, 0) is 34.9 Å². The van der Waals surface area contributed by atoms with Crippen LogP contribution in [0.2, 0.25) is 0 Å². The smallest absolute Gasteiger partial charge is 0.0644 e. The predicted octanol–water partition coefficient (Wildman–Crippen LogP) is 1.63.